The Morgan fingerprint density at radius 2 is 2.03 bits per heavy atom. The van der Waals surface area contributed by atoms with E-state index in [0.717, 1.165) is 30.5 Å². The minimum absolute atomic E-state index is 0.0561. The first-order chi connectivity index (χ1) is 14.8. The van der Waals surface area contributed by atoms with Crippen molar-refractivity contribution in [1.29, 1.82) is 0 Å². The molecule has 11 nitrogen and oxygen atoms in total. The number of thiol groups is 1. The number of carboxylic acids is 1. The largest absolute Gasteiger partial charge is 0.492 e. The Hall–Kier alpha value is -2.51. The van der Waals surface area contributed by atoms with Crippen molar-refractivity contribution in [2.75, 3.05) is 44.3 Å². The van der Waals surface area contributed by atoms with Crippen LogP contribution in [0.5, 0.6) is 5.75 Å². The normalized spacial score (nSPS) is 13.6. The van der Waals surface area contributed by atoms with Crippen molar-refractivity contribution in [3.05, 3.63) is 29.8 Å². The molecule has 0 bridgehead atoms. The number of carboxylic acid groups (broad SMARTS) is 1. The van der Waals surface area contributed by atoms with Gasteiger partial charge < -0.3 is 20.5 Å². The number of benzene rings is 1. The summed E-state index contributed by atoms with van der Waals surface area (Å²) in [7, 11) is -3.82. The Kier molecular flexibility index (Phi) is 9.88. The Balaban J connectivity index is 1.93. The second-order valence-corrected chi connectivity index (χ2v) is 8.81. The van der Waals surface area contributed by atoms with Gasteiger partial charge in [0.25, 0.3) is 5.91 Å². The van der Waals surface area contributed by atoms with Crippen molar-refractivity contribution in [2.24, 2.45) is 4.99 Å². The van der Waals surface area contributed by atoms with E-state index < -0.39 is 28.3 Å². The summed E-state index contributed by atoms with van der Waals surface area (Å²) in [5, 5.41) is 15.9. The molecule has 1 aromatic carbocycles. The number of aliphatic carboxylic acids is 1. The molecule has 0 aromatic heterocycles. The highest BCUT2D eigenvalue weighted by Crippen LogP contribution is 2.14. The van der Waals surface area contributed by atoms with E-state index in [4.69, 9.17) is 9.84 Å². The Bertz CT molecular complexity index is 876. The maximum Gasteiger partial charge on any atom is 0.305 e. The first-order valence-electron chi connectivity index (χ1n) is 9.70. The highest BCUT2D eigenvalue weighted by atomic mass is 32.2. The summed E-state index contributed by atoms with van der Waals surface area (Å²) >= 11 is 3.87. The molecule has 0 atom stereocenters. The van der Waals surface area contributed by atoms with Gasteiger partial charge in [0.15, 0.2) is 5.96 Å². The first-order valence-corrected chi connectivity index (χ1v) is 12.0. The summed E-state index contributed by atoms with van der Waals surface area (Å²) in [6.45, 7) is 2.28. The molecule has 1 aromatic rings. The van der Waals surface area contributed by atoms with Crippen LogP contribution in [0.3, 0.4) is 0 Å². The maximum atomic E-state index is 12.7. The monoisotopic (exact) mass is 473 g/mol. The highest BCUT2D eigenvalue weighted by Gasteiger charge is 2.22. The van der Waals surface area contributed by atoms with Crippen LogP contribution in [-0.2, 0) is 14.8 Å². The Labute approximate surface area is 186 Å². The van der Waals surface area contributed by atoms with Gasteiger partial charge >= 0.3 is 5.97 Å². The summed E-state index contributed by atoms with van der Waals surface area (Å²) in [5.74, 6) is -0.796. The molecule has 1 amide bonds. The zero-order valence-corrected chi connectivity index (χ0v) is 18.6. The average Bonchev–Trinajstić information content (AvgIpc) is 2.74. The molecule has 31 heavy (non-hydrogen) atoms. The van der Waals surface area contributed by atoms with Gasteiger partial charge in [-0.1, -0.05) is 0 Å². The maximum absolute atomic E-state index is 12.7. The van der Waals surface area contributed by atoms with Crippen LogP contribution in [-0.4, -0.2) is 80.7 Å². The van der Waals surface area contributed by atoms with E-state index in [9.17, 15) is 18.0 Å². The molecule has 0 fully saturated rings. The number of nitrogens with one attached hydrogen (secondary N) is 3. The lowest BCUT2D eigenvalue weighted by Crippen LogP contribution is -2.48. The van der Waals surface area contributed by atoms with Gasteiger partial charge in [-0.3, -0.25) is 19.6 Å². The van der Waals surface area contributed by atoms with E-state index in [1.807, 2.05) is 0 Å². The molecule has 1 aliphatic heterocycles. The smallest absolute Gasteiger partial charge is 0.305 e. The van der Waals surface area contributed by atoms with Crippen LogP contribution in [0.4, 0.5) is 0 Å². The lowest BCUT2D eigenvalue weighted by atomic mass is 10.2. The van der Waals surface area contributed by atoms with Crippen molar-refractivity contribution in [3.8, 4) is 5.75 Å². The molecule has 2 rings (SSSR count). The summed E-state index contributed by atoms with van der Waals surface area (Å²) in [6.07, 6.45) is 0.598. The van der Waals surface area contributed by atoms with E-state index in [0.29, 0.717) is 18.9 Å². The average molecular weight is 474 g/mol. The number of sulfonamides is 1. The number of rotatable bonds is 12. The van der Waals surface area contributed by atoms with Gasteiger partial charge in [0.2, 0.25) is 10.0 Å². The predicted octanol–water partition coefficient (Wildman–Crippen LogP) is -0.315. The van der Waals surface area contributed by atoms with E-state index in [1.54, 1.807) is 12.1 Å². The quantitative estimate of drug-likeness (QED) is 0.158. The molecule has 0 saturated carbocycles. The number of ether oxygens (including phenoxy) is 1. The number of nitrogens with zero attached hydrogens (tertiary/aromatic N) is 2. The molecular formula is C18H27N5O6S2. The number of hydrazine groups is 1. The number of aliphatic imine (C=N–C) groups is 1. The van der Waals surface area contributed by atoms with Gasteiger partial charge in [-0.2, -0.15) is 12.6 Å². The molecule has 1 aliphatic rings. The van der Waals surface area contributed by atoms with E-state index in [2.05, 4.69) is 33.1 Å². The van der Waals surface area contributed by atoms with Gasteiger partial charge in [-0.15, -0.1) is 4.83 Å². The molecule has 0 radical (unpaired) electrons. The molecule has 4 N–H and O–H groups in total. The minimum Gasteiger partial charge on any atom is -0.492 e. The fourth-order valence-corrected chi connectivity index (χ4v) is 4.13. The van der Waals surface area contributed by atoms with Crippen LogP contribution < -0.4 is 20.2 Å². The van der Waals surface area contributed by atoms with Crippen LogP contribution >= 0.6 is 12.6 Å². The molecular weight excluding hydrogens is 446 g/mol. The minimum atomic E-state index is -3.82. The Morgan fingerprint density at radius 3 is 2.65 bits per heavy atom. The van der Waals surface area contributed by atoms with Crippen LogP contribution in [0.25, 0.3) is 0 Å². The number of carbonyl (C=O) groups excluding carboxylic acids is 1. The number of guanidine groups is 1. The van der Waals surface area contributed by atoms with Crippen LogP contribution in [0.2, 0.25) is 0 Å². The van der Waals surface area contributed by atoms with Crippen molar-refractivity contribution >= 4 is 40.5 Å². The lowest BCUT2D eigenvalue weighted by Gasteiger charge is -2.22. The van der Waals surface area contributed by atoms with Gasteiger partial charge in [0.1, 0.15) is 12.4 Å². The topological polar surface area (TPSA) is 149 Å². The third-order valence-electron chi connectivity index (χ3n) is 4.07. The first kappa shape index (κ1) is 24.8. The third-order valence-corrected chi connectivity index (χ3v) is 5.83. The second kappa shape index (κ2) is 12.4. The van der Waals surface area contributed by atoms with E-state index in [1.165, 1.54) is 12.1 Å². The fraction of sp³-hybridized carbons (Fsp3) is 0.500. The van der Waals surface area contributed by atoms with E-state index in [-0.39, 0.29) is 23.6 Å². The summed E-state index contributed by atoms with van der Waals surface area (Å²) < 4.78 is 29.6. The van der Waals surface area contributed by atoms with Crippen LogP contribution in [0.15, 0.2) is 29.3 Å². The molecule has 172 valence electrons. The Morgan fingerprint density at radius 1 is 1.29 bits per heavy atom. The SMILES string of the molecule is O=C(O)CCN(NS(=O)(=O)CCS)C(=O)c1ccc(OCCNC2=NCCCN2)cc1. The molecule has 0 aliphatic carbocycles. The third kappa shape index (κ3) is 9.02. The fourth-order valence-electron chi connectivity index (χ4n) is 2.57. The van der Waals surface area contributed by atoms with Crippen LogP contribution in [0, 0.1) is 0 Å². The molecule has 0 saturated heterocycles. The summed E-state index contributed by atoms with van der Waals surface area (Å²) in [6, 6.07) is 6.14. The van der Waals surface area contributed by atoms with E-state index >= 15 is 0 Å². The zero-order chi connectivity index (χ0) is 22.7. The van der Waals surface area contributed by atoms with Crippen LogP contribution in [0.1, 0.15) is 23.2 Å². The number of amides is 1. The molecule has 0 unspecified atom stereocenters. The molecule has 0 spiro atoms. The standard InChI is InChI=1S/C18H27N5O6S2/c24-16(25)6-10-23(22-31(27,28)13-12-30)17(26)14-2-4-15(5-3-14)29-11-9-21-18-19-7-1-8-20-18/h2-5,22,30H,1,6-13H2,(H,24,25)(H2,19,20,21). The number of carbonyl (C=O) groups is 2. The lowest BCUT2D eigenvalue weighted by molar-refractivity contribution is -0.137. The van der Waals surface area contributed by atoms with Gasteiger partial charge in [-0.05, 0) is 30.7 Å². The molecule has 13 heteroatoms. The van der Waals surface area contributed by atoms with Gasteiger partial charge in [0, 0.05) is 31.0 Å². The van der Waals surface area contributed by atoms with Crippen molar-refractivity contribution < 1.29 is 27.9 Å². The zero-order valence-electron chi connectivity index (χ0n) is 16.9. The number of hydrogen-bond donors (Lipinski definition) is 5. The predicted molar refractivity (Wildman–Crippen MR) is 119 cm³/mol. The molecule has 1 heterocycles. The van der Waals surface area contributed by atoms with Crippen molar-refractivity contribution in [3.63, 3.8) is 0 Å². The second-order valence-electron chi connectivity index (χ2n) is 6.54. The summed E-state index contributed by atoms with van der Waals surface area (Å²) in [5.41, 5.74) is 0.185. The van der Waals surface area contributed by atoms with Crippen molar-refractivity contribution in [2.45, 2.75) is 12.8 Å². The van der Waals surface area contributed by atoms with Gasteiger partial charge in [0.05, 0.1) is 18.7 Å². The van der Waals surface area contributed by atoms with Crippen molar-refractivity contribution in [1.82, 2.24) is 20.5 Å². The van der Waals surface area contributed by atoms with Gasteiger partial charge in [-0.25, -0.2) is 8.42 Å². The highest BCUT2D eigenvalue weighted by molar-refractivity contribution is 7.90. The summed E-state index contributed by atoms with van der Waals surface area (Å²) in [4.78, 5) is 30.0. The number of hydrogen-bond acceptors (Lipinski definition) is 9.